The summed E-state index contributed by atoms with van der Waals surface area (Å²) in [4.78, 5) is 14.8. The van der Waals surface area contributed by atoms with Crippen molar-refractivity contribution in [2.75, 3.05) is 40.4 Å². The monoisotopic (exact) mass is 318 g/mol. The highest BCUT2D eigenvalue weighted by atomic mass is 16.5. The van der Waals surface area contributed by atoms with Gasteiger partial charge in [0, 0.05) is 25.0 Å². The van der Waals surface area contributed by atoms with Crippen LogP contribution in [-0.4, -0.2) is 57.3 Å². The maximum Gasteiger partial charge on any atom is 0.255 e. The molecule has 1 aliphatic heterocycles. The predicted molar refractivity (Wildman–Crippen MR) is 87.1 cm³/mol. The molecule has 2 heterocycles. The Morgan fingerprint density at radius 2 is 2.30 bits per heavy atom. The molecule has 0 spiro atoms. The molecule has 23 heavy (non-hydrogen) atoms. The molecule has 2 aromatic rings. The topological polar surface area (TPSA) is 63.9 Å². The number of hydrogen-bond acceptors (Lipinski definition) is 5. The quantitative estimate of drug-likeness (QED) is 0.931. The lowest BCUT2D eigenvalue weighted by Gasteiger charge is -2.30. The number of hydrogen-bond donors (Lipinski definition) is 1. The summed E-state index contributed by atoms with van der Waals surface area (Å²) in [6, 6.07) is 5.46. The van der Waals surface area contributed by atoms with Gasteiger partial charge in [0.05, 0.1) is 25.4 Å². The number of fused-ring (bicyclic) bond motifs is 1. The summed E-state index contributed by atoms with van der Waals surface area (Å²) in [5.41, 5.74) is 1.24. The van der Waals surface area contributed by atoms with Gasteiger partial charge < -0.3 is 24.1 Å². The van der Waals surface area contributed by atoms with Crippen molar-refractivity contribution in [3.63, 3.8) is 0 Å². The Hall–Kier alpha value is -2.05. The van der Waals surface area contributed by atoms with E-state index in [1.807, 2.05) is 18.2 Å². The van der Waals surface area contributed by atoms with E-state index in [4.69, 9.17) is 13.9 Å². The van der Waals surface area contributed by atoms with Gasteiger partial charge in [0.2, 0.25) is 0 Å². The number of morpholine rings is 1. The molecule has 1 aromatic heterocycles. The molecular formula is C17H22N2O4. The molecule has 1 fully saturated rings. The van der Waals surface area contributed by atoms with Crippen LogP contribution in [0.2, 0.25) is 0 Å². The fraction of sp³-hybridized carbons (Fsp3) is 0.471. The smallest absolute Gasteiger partial charge is 0.255 e. The lowest BCUT2D eigenvalue weighted by molar-refractivity contribution is -0.0175. The summed E-state index contributed by atoms with van der Waals surface area (Å²) in [7, 11) is 3.65. The standard InChI is InChI=1S/C17H22N2O4/c1-11-16(14-8-12(21-3)4-5-15(14)23-11)17(20)18-9-13-10-19(2)6-7-22-13/h4-5,8,13H,6-7,9-10H2,1-3H3,(H,18,20)/t13-/m0/s1. The van der Waals surface area contributed by atoms with Crippen LogP contribution in [0, 0.1) is 6.92 Å². The first kappa shape index (κ1) is 15.8. The first-order valence-corrected chi connectivity index (χ1v) is 7.74. The zero-order valence-corrected chi connectivity index (χ0v) is 13.7. The van der Waals surface area contributed by atoms with Crippen LogP contribution in [0.3, 0.4) is 0 Å². The molecule has 1 N–H and O–H groups in total. The Balaban J connectivity index is 1.76. The molecule has 124 valence electrons. The minimum Gasteiger partial charge on any atom is -0.497 e. The summed E-state index contributed by atoms with van der Waals surface area (Å²) in [6.45, 7) is 4.72. The van der Waals surface area contributed by atoms with E-state index in [-0.39, 0.29) is 12.0 Å². The van der Waals surface area contributed by atoms with Gasteiger partial charge in [-0.05, 0) is 32.2 Å². The van der Waals surface area contributed by atoms with E-state index in [0.29, 0.717) is 35.8 Å². The highest BCUT2D eigenvalue weighted by Gasteiger charge is 2.22. The Kier molecular flexibility index (Phi) is 4.54. The fourth-order valence-corrected chi connectivity index (χ4v) is 2.89. The highest BCUT2D eigenvalue weighted by Crippen LogP contribution is 2.28. The molecule has 1 saturated heterocycles. The molecule has 3 rings (SSSR count). The largest absolute Gasteiger partial charge is 0.497 e. The molecule has 1 aromatic carbocycles. The van der Waals surface area contributed by atoms with Crippen LogP contribution >= 0.6 is 0 Å². The number of carbonyl (C=O) groups excluding carboxylic acids is 1. The molecule has 0 radical (unpaired) electrons. The molecule has 1 amide bonds. The van der Waals surface area contributed by atoms with Crippen LogP contribution in [0.15, 0.2) is 22.6 Å². The maximum atomic E-state index is 12.6. The SMILES string of the molecule is COc1ccc2oc(C)c(C(=O)NC[C@H]3CN(C)CCO3)c2c1. The number of furan rings is 1. The number of rotatable bonds is 4. The number of amides is 1. The van der Waals surface area contributed by atoms with Gasteiger partial charge in [-0.2, -0.15) is 0 Å². The third-order valence-corrected chi connectivity index (χ3v) is 4.13. The number of carbonyl (C=O) groups is 1. The van der Waals surface area contributed by atoms with Gasteiger partial charge in [0.25, 0.3) is 5.91 Å². The molecule has 1 aliphatic rings. The number of nitrogens with zero attached hydrogens (tertiary/aromatic N) is 1. The summed E-state index contributed by atoms with van der Waals surface area (Å²) >= 11 is 0. The summed E-state index contributed by atoms with van der Waals surface area (Å²) < 4.78 is 16.6. The van der Waals surface area contributed by atoms with E-state index < -0.39 is 0 Å². The van der Waals surface area contributed by atoms with E-state index in [1.54, 1.807) is 14.0 Å². The lowest BCUT2D eigenvalue weighted by atomic mass is 10.1. The van der Waals surface area contributed by atoms with Crippen molar-refractivity contribution < 1.29 is 18.7 Å². The zero-order valence-electron chi connectivity index (χ0n) is 13.7. The molecule has 0 unspecified atom stereocenters. The minimum absolute atomic E-state index is 0.0192. The van der Waals surface area contributed by atoms with E-state index in [1.165, 1.54) is 0 Å². The molecule has 0 aliphatic carbocycles. The minimum atomic E-state index is -0.147. The predicted octanol–water partition coefficient (Wildman–Crippen LogP) is 1.81. The van der Waals surface area contributed by atoms with Crippen LogP contribution in [0.25, 0.3) is 11.0 Å². The summed E-state index contributed by atoms with van der Waals surface area (Å²) in [5, 5.41) is 3.72. The lowest BCUT2D eigenvalue weighted by Crippen LogP contribution is -2.45. The highest BCUT2D eigenvalue weighted by molar-refractivity contribution is 6.07. The average molecular weight is 318 g/mol. The number of nitrogens with one attached hydrogen (secondary N) is 1. The molecule has 0 saturated carbocycles. The molecule has 1 atom stereocenters. The van der Waals surface area contributed by atoms with Gasteiger partial charge in [-0.25, -0.2) is 0 Å². The normalized spacial score (nSPS) is 19.0. The van der Waals surface area contributed by atoms with Crippen molar-refractivity contribution in [3.8, 4) is 5.75 Å². The van der Waals surface area contributed by atoms with Gasteiger partial charge in [0.15, 0.2) is 0 Å². The van der Waals surface area contributed by atoms with E-state index >= 15 is 0 Å². The molecule has 6 nitrogen and oxygen atoms in total. The van der Waals surface area contributed by atoms with Crippen molar-refractivity contribution in [1.29, 1.82) is 0 Å². The van der Waals surface area contributed by atoms with Crippen molar-refractivity contribution in [1.82, 2.24) is 10.2 Å². The van der Waals surface area contributed by atoms with Crippen LogP contribution in [0.1, 0.15) is 16.1 Å². The Morgan fingerprint density at radius 1 is 1.48 bits per heavy atom. The van der Waals surface area contributed by atoms with Gasteiger partial charge in [-0.3, -0.25) is 4.79 Å². The number of ether oxygens (including phenoxy) is 2. The van der Waals surface area contributed by atoms with Crippen molar-refractivity contribution in [2.24, 2.45) is 0 Å². The van der Waals surface area contributed by atoms with Crippen molar-refractivity contribution in [2.45, 2.75) is 13.0 Å². The number of benzene rings is 1. The van der Waals surface area contributed by atoms with Gasteiger partial charge >= 0.3 is 0 Å². The molecule has 6 heteroatoms. The average Bonchev–Trinajstić information content (AvgIpc) is 2.87. The Morgan fingerprint density at radius 3 is 3.04 bits per heavy atom. The first-order chi connectivity index (χ1) is 11.1. The first-order valence-electron chi connectivity index (χ1n) is 7.74. The van der Waals surface area contributed by atoms with E-state index in [2.05, 4.69) is 17.3 Å². The van der Waals surface area contributed by atoms with Crippen LogP contribution in [-0.2, 0) is 4.74 Å². The molecule has 0 bridgehead atoms. The summed E-state index contributed by atoms with van der Waals surface area (Å²) in [5.74, 6) is 1.16. The fourth-order valence-electron chi connectivity index (χ4n) is 2.89. The number of aryl methyl sites for hydroxylation is 1. The van der Waals surface area contributed by atoms with Crippen LogP contribution in [0.5, 0.6) is 5.75 Å². The van der Waals surface area contributed by atoms with Crippen molar-refractivity contribution in [3.05, 3.63) is 29.5 Å². The summed E-state index contributed by atoms with van der Waals surface area (Å²) in [6.07, 6.45) is 0.0192. The third kappa shape index (κ3) is 3.33. The number of likely N-dealkylation sites (N-methyl/N-ethyl adjacent to an activating group) is 1. The van der Waals surface area contributed by atoms with Crippen molar-refractivity contribution >= 4 is 16.9 Å². The van der Waals surface area contributed by atoms with Gasteiger partial charge in [0.1, 0.15) is 17.1 Å². The third-order valence-electron chi connectivity index (χ3n) is 4.13. The zero-order chi connectivity index (χ0) is 16.4. The number of methoxy groups -OCH3 is 1. The van der Waals surface area contributed by atoms with E-state index in [0.717, 1.165) is 18.5 Å². The molecular weight excluding hydrogens is 296 g/mol. The Bertz CT molecular complexity index is 710. The maximum absolute atomic E-state index is 12.6. The van der Waals surface area contributed by atoms with Gasteiger partial charge in [-0.15, -0.1) is 0 Å². The second-order valence-electron chi connectivity index (χ2n) is 5.86. The van der Waals surface area contributed by atoms with Crippen LogP contribution in [0.4, 0.5) is 0 Å². The van der Waals surface area contributed by atoms with Crippen LogP contribution < -0.4 is 10.1 Å². The second kappa shape index (κ2) is 6.60. The van der Waals surface area contributed by atoms with Gasteiger partial charge in [-0.1, -0.05) is 0 Å². The second-order valence-corrected chi connectivity index (χ2v) is 5.86. The van der Waals surface area contributed by atoms with E-state index in [9.17, 15) is 4.79 Å². The Labute approximate surface area is 135 Å².